The summed E-state index contributed by atoms with van der Waals surface area (Å²) >= 11 is 7.53. The van der Waals surface area contributed by atoms with Crippen LogP contribution in [0.1, 0.15) is 12.8 Å². The number of hydrogen-bond acceptors (Lipinski definition) is 5. The minimum Gasteiger partial charge on any atom is -0.359 e. The molecule has 2 heterocycles. The quantitative estimate of drug-likeness (QED) is 0.524. The van der Waals surface area contributed by atoms with E-state index < -0.39 is 0 Å². The van der Waals surface area contributed by atoms with E-state index in [1.165, 1.54) is 24.6 Å². The van der Waals surface area contributed by atoms with E-state index in [4.69, 9.17) is 11.6 Å². The van der Waals surface area contributed by atoms with Crippen LogP contribution in [0.4, 0.5) is 5.82 Å². The summed E-state index contributed by atoms with van der Waals surface area (Å²) in [4.78, 5) is 10.8. The average Bonchev–Trinajstić information content (AvgIpc) is 2.39. The summed E-state index contributed by atoms with van der Waals surface area (Å²) in [5.74, 6) is 1.65. The number of halogens is 2. The van der Waals surface area contributed by atoms with Gasteiger partial charge in [0.1, 0.15) is 11.0 Å². The second-order valence-electron chi connectivity index (χ2n) is 4.61. The molecule has 19 heavy (non-hydrogen) atoms. The molecule has 0 atom stereocenters. The third kappa shape index (κ3) is 4.99. The Labute approximate surface area is 130 Å². The maximum Gasteiger partial charge on any atom is 0.190 e. The van der Waals surface area contributed by atoms with Crippen LogP contribution in [-0.4, -0.2) is 42.9 Å². The fourth-order valence-corrected chi connectivity index (χ4v) is 2.82. The number of anilines is 1. The Morgan fingerprint density at radius 3 is 2.74 bits per heavy atom. The van der Waals surface area contributed by atoms with Gasteiger partial charge in [0, 0.05) is 19.7 Å². The number of thioether (sulfide) groups is 1. The minimum absolute atomic E-state index is 0. The highest BCUT2D eigenvalue weighted by Gasteiger charge is 2.16. The van der Waals surface area contributed by atoms with Crippen LogP contribution >= 0.6 is 35.8 Å². The van der Waals surface area contributed by atoms with E-state index in [0.717, 1.165) is 36.5 Å². The lowest BCUT2D eigenvalue weighted by Crippen LogP contribution is -2.34. The monoisotopic (exact) mass is 322 g/mol. The number of rotatable bonds is 4. The first-order valence-electron chi connectivity index (χ1n) is 6.19. The van der Waals surface area contributed by atoms with Gasteiger partial charge in [0.2, 0.25) is 0 Å². The Bertz CT molecular complexity index is 399. The lowest BCUT2D eigenvalue weighted by Gasteiger charge is -2.28. The largest absolute Gasteiger partial charge is 0.359 e. The predicted octanol–water partition coefficient (Wildman–Crippen LogP) is 2.71. The van der Waals surface area contributed by atoms with Crippen LogP contribution in [0.2, 0.25) is 5.15 Å². The molecule has 1 aromatic heterocycles. The van der Waals surface area contributed by atoms with Crippen molar-refractivity contribution in [2.75, 3.05) is 37.8 Å². The fraction of sp³-hybridized carbons (Fsp3) is 0.667. The molecule has 1 aromatic rings. The highest BCUT2D eigenvalue weighted by atomic mass is 35.5. The zero-order chi connectivity index (χ0) is 13.0. The van der Waals surface area contributed by atoms with Gasteiger partial charge in [0.15, 0.2) is 5.16 Å². The van der Waals surface area contributed by atoms with Crippen LogP contribution in [0.25, 0.3) is 0 Å². The van der Waals surface area contributed by atoms with E-state index in [-0.39, 0.29) is 12.4 Å². The van der Waals surface area contributed by atoms with Crippen molar-refractivity contribution in [1.82, 2.24) is 15.3 Å². The van der Waals surface area contributed by atoms with Gasteiger partial charge in [-0.15, -0.1) is 12.4 Å². The molecule has 1 N–H and O–H groups in total. The Morgan fingerprint density at radius 1 is 1.42 bits per heavy atom. The van der Waals surface area contributed by atoms with Crippen LogP contribution in [-0.2, 0) is 0 Å². The van der Waals surface area contributed by atoms with Gasteiger partial charge in [-0.2, -0.15) is 0 Å². The molecule has 1 aliphatic rings. The van der Waals surface area contributed by atoms with Crippen molar-refractivity contribution >= 4 is 41.6 Å². The maximum atomic E-state index is 6.01. The Hall–Kier alpha value is -0.230. The first-order chi connectivity index (χ1) is 8.69. The number of nitrogens with zero attached hydrogens (tertiary/aromatic N) is 3. The highest BCUT2D eigenvalue weighted by Crippen LogP contribution is 2.21. The predicted molar refractivity (Wildman–Crippen MR) is 84.9 cm³/mol. The molecule has 2 rings (SSSR count). The highest BCUT2D eigenvalue weighted by molar-refractivity contribution is 7.98. The van der Waals surface area contributed by atoms with Crippen LogP contribution < -0.4 is 10.2 Å². The molecule has 7 heteroatoms. The number of nitrogens with one attached hydrogen (secondary N) is 1. The third-order valence-electron chi connectivity index (χ3n) is 3.23. The summed E-state index contributed by atoms with van der Waals surface area (Å²) in [6.45, 7) is 3.28. The van der Waals surface area contributed by atoms with Crippen molar-refractivity contribution in [3.05, 3.63) is 11.2 Å². The maximum absolute atomic E-state index is 6.01. The molecule has 1 aliphatic heterocycles. The zero-order valence-electron chi connectivity index (χ0n) is 11.2. The van der Waals surface area contributed by atoms with Crippen molar-refractivity contribution in [3.8, 4) is 0 Å². The smallest absolute Gasteiger partial charge is 0.190 e. The summed E-state index contributed by atoms with van der Waals surface area (Å²) in [5.41, 5.74) is 0. The molecule has 4 nitrogen and oxygen atoms in total. The van der Waals surface area contributed by atoms with Crippen molar-refractivity contribution in [3.63, 3.8) is 0 Å². The van der Waals surface area contributed by atoms with Gasteiger partial charge in [0.05, 0.1) is 0 Å². The van der Waals surface area contributed by atoms with Gasteiger partial charge >= 0.3 is 0 Å². The SMILES string of the molecule is CSc1nc(Cl)cc(N(C)CC2CCNCC2)n1.Cl. The summed E-state index contributed by atoms with van der Waals surface area (Å²) in [6, 6.07) is 1.84. The van der Waals surface area contributed by atoms with Crippen LogP contribution in [0.15, 0.2) is 11.2 Å². The lowest BCUT2D eigenvalue weighted by atomic mass is 9.98. The van der Waals surface area contributed by atoms with E-state index in [1.54, 1.807) is 0 Å². The molecule has 0 spiro atoms. The van der Waals surface area contributed by atoms with Gasteiger partial charge in [-0.1, -0.05) is 23.4 Å². The normalized spacial score (nSPS) is 15.9. The first-order valence-corrected chi connectivity index (χ1v) is 7.79. The Balaban J connectivity index is 0.00000180. The first kappa shape index (κ1) is 16.8. The average molecular weight is 323 g/mol. The van der Waals surface area contributed by atoms with E-state index in [9.17, 15) is 0 Å². The molecule has 0 aliphatic carbocycles. The number of aromatic nitrogens is 2. The minimum atomic E-state index is 0. The zero-order valence-corrected chi connectivity index (χ0v) is 13.6. The van der Waals surface area contributed by atoms with E-state index in [0.29, 0.717) is 5.15 Å². The summed E-state index contributed by atoms with van der Waals surface area (Å²) in [6.07, 6.45) is 4.43. The Kier molecular flexibility index (Phi) is 7.21. The summed E-state index contributed by atoms with van der Waals surface area (Å²) in [7, 11) is 2.07. The summed E-state index contributed by atoms with van der Waals surface area (Å²) in [5, 5.41) is 4.63. The van der Waals surface area contributed by atoms with E-state index in [2.05, 4.69) is 27.2 Å². The van der Waals surface area contributed by atoms with Gasteiger partial charge in [-0.3, -0.25) is 0 Å². The molecule has 0 bridgehead atoms. The Morgan fingerprint density at radius 2 is 2.11 bits per heavy atom. The number of hydrogen-bond donors (Lipinski definition) is 1. The molecule has 1 fully saturated rings. The molecule has 0 amide bonds. The molecular formula is C12H20Cl2N4S. The molecule has 1 saturated heterocycles. The lowest BCUT2D eigenvalue weighted by molar-refractivity contribution is 0.377. The van der Waals surface area contributed by atoms with E-state index >= 15 is 0 Å². The van der Waals surface area contributed by atoms with Crippen molar-refractivity contribution in [1.29, 1.82) is 0 Å². The molecule has 0 radical (unpaired) electrons. The van der Waals surface area contributed by atoms with Crippen molar-refractivity contribution in [2.24, 2.45) is 5.92 Å². The summed E-state index contributed by atoms with van der Waals surface area (Å²) < 4.78 is 0. The molecule has 108 valence electrons. The molecular weight excluding hydrogens is 303 g/mol. The topological polar surface area (TPSA) is 41.1 Å². The van der Waals surface area contributed by atoms with Crippen molar-refractivity contribution < 1.29 is 0 Å². The van der Waals surface area contributed by atoms with Gasteiger partial charge in [-0.25, -0.2) is 9.97 Å². The second kappa shape index (κ2) is 8.15. The molecule has 0 unspecified atom stereocenters. The van der Waals surface area contributed by atoms with Crippen LogP contribution in [0, 0.1) is 5.92 Å². The standard InChI is InChI=1S/C12H19ClN4S.ClH/c1-17(8-9-3-5-14-6-4-9)11-7-10(13)15-12(16-11)18-2;/h7,9,14H,3-6,8H2,1-2H3;1H. The molecule has 0 saturated carbocycles. The fourth-order valence-electron chi connectivity index (χ4n) is 2.22. The van der Waals surface area contributed by atoms with Crippen LogP contribution in [0.5, 0.6) is 0 Å². The van der Waals surface area contributed by atoms with Gasteiger partial charge in [-0.05, 0) is 38.1 Å². The number of piperidine rings is 1. The van der Waals surface area contributed by atoms with Gasteiger partial charge in [0.25, 0.3) is 0 Å². The van der Waals surface area contributed by atoms with E-state index in [1.807, 2.05) is 12.3 Å². The van der Waals surface area contributed by atoms with Gasteiger partial charge < -0.3 is 10.2 Å². The van der Waals surface area contributed by atoms with Crippen LogP contribution in [0.3, 0.4) is 0 Å². The second-order valence-corrected chi connectivity index (χ2v) is 5.77. The van der Waals surface area contributed by atoms with Crippen molar-refractivity contribution in [2.45, 2.75) is 18.0 Å². The molecule has 0 aromatic carbocycles. The third-order valence-corrected chi connectivity index (χ3v) is 3.97.